The molecule has 0 unspecified atom stereocenters. The van der Waals surface area contributed by atoms with Gasteiger partial charge in [-0.25, -0.2) is 0 Å². The van der Waals surface area contributed by atoms with Gasteiger partial charge in [0.15, 0.2) is 0 Å². The Bertz CT molecular complexity index is 469. The lowest BCUT2D eigenvalue weighted by atomic mass is 9.82. The number of anilines is 1. The Morgan fingerprint density at radius 1 is 1.42 bits per heavy atom. The fraction of sp³-hybridized carbons (Fsp3) is 0.462. The van der Waals surface area contributed by atoms with Crippen LogP contribution >= 0.6 is 0 Å². The minimum Gasteiger partial charge on any atom is -0.481 e. The molecule has 0 amide bonds. The van der Waals surface area contributed by atoms with Crippen LogP contribution in [0, 0.1) is 15.5 Å². The van der Waals surface area contributed by atoms with Crippen molar-refractivity contribution in [2.24, 2.45) is 5.41 Å². The van der Waals surface area contributed by atoms with Crippen molar-refractivity contribution in [3.05, 3.63) is 34.4 Å². The zero-order valence-electron chi connectivity index (χ0n) is 11.0. The maximum atomic E-state index is 11.3. The zero-order chi connectivity index (χ0) is 14.5. The maximum Gasteiger partial charge on any atom is 0.311 e. The predicted molar refractivity (Wildman–Crippen MR) is 72.2 cm³/mol. The quantitative estimate of drug-likeness (QED) is 0.584. The van der Waals surface area contributed by atoms with E-state index in [0.29, 0.717) is 18.5 Å². The van der Waals surface area contributed by atoms with E-state index in [0.717, 1.165) is 0 Å². The van der Waals surface area contributed by atoms with Crippen molar-refractivity contribution in [3.63, 3.8) is 0 Å². The number of carboxylic acids is 1. The third kappa shape index (κ3) is 3.43. The molecule has 0 radical (unpaired) electrons. The number of nitro benzene ring substituents is 1. The van der Waals surface area contributed by atoms with E-state index in [-0.39, 0.29) is 12.2 Å². The molecule has 0 heterocycles. The molecule has 0 atom stereocenters. The van der Waals surface area contributed by atoms with E-state index in [1.165, 1.54) is 12.1 Å². The van der Waals surface area contributed by atoms with Gasteiger partial charge in [-0.2, -0.15) is 0 Å². The van der Waals surface area contributed by atoms with Gasteiger partial charge in [-0.05, 0) is 18.9 Å². The van der Waals surface area contributed by atoms with Crippen molar-refractivity contribution in [1.29, 1.82) is 0 Å². The average molecular weight is 266 g/mol. The summed E-state index contributed by atoms with van der Waals surface area (Å²) in [5, 5.41) is 22.9. The van der Waals surface area contributed by atoms with Crippen molar-refractivity contribution in [2.45, 2.75) is 26.7 Å². The Kier molecular flexibility index (Phi) is 4.86. The molecule has 1 rings (SSSR count). The van der Waals surface area contributed by atoms with Crippen LogP contribution in [0.1, 0.15) is 26.7 Å². The zero-order valence-corrected chi connectivity index (χ0v) is 11.0. The number of nitro groups is 1. The lowest BCUT2D eigenvalue weighted by molar-refractivity contribution is -0.384. The molecule has 1 aromatic carbocycles. The first kappa shape index (κ1) is 14.9. The number of benzene rings is 1. The first-order valence-electron chi connectivity index (χ1n) is 6.17. The van der Waals surface area contributed by atoms with Crippen LogP contribution in [0.15, 0.2) is 24.3 Å². The molecule has 104 valence electrons. The predicted octanol–water partition coefficient (Wildman–Crippen LogP) is 2.90. The summed E-state index contributed by atoms with van der Waals surface area (Å²) in [6.45, 7) is 3.90. The summed E-state index contributed by atoms with van der Waals surface area (Å²) in [4.78, 5) is 21.5. The highest BCUT2D eigenvalue weighted by atomic mass is 16.6. The number of carbonyl (C=O) groups is 1. The summed E-state index contributed by atoms with van der Waals surface area (Å²) in [7, 11) is 0. The molecule has 0 fully saturated rings. The maximum absolute atomic E-state index is 11.3. The topological polar surface area (TPSA) is 92.5 Å². The van der Waals surface area contributed by atoms with Gasteiger partial charge in [0.25, 0.3) is 5.69 Å². The third-order valence-electron chi connectivity index (χ3n) is 3.50. The van der Waals surface area contributed by atoms with Crippen LogP contribution in [-0.4, -0.2) is 22.5 Å². The van der Waals surface area contributed by atoms with Gasteiger partial charge in [0.1, 0.15) is 0 Å². The summed E-state index contributed by atoms with van der Waals surface area (Å²) in [5.74, 6) is -0.851. The summed E-state index contributed by atoms with van der Waals surface area (Å²) >= 11 is 0. The molecule has 0 aliphatic heterocycles. The van der Waals surface area contributed by atoms with Gasteiger partial charge >= 0.3 is 5.97 Å². The molecule has 0 spiro atoms. The minimum absolute atomic E-state index is 0.0149. The van der Waals surface area contributed by atoms with Crippen molar-refractivity contribution < 1.29 is 14.8 Å². The van der Waals surface area contributed by atoms with E-state index < -0.39 is 16.3 Å². The average Bonchev–Trinajstić information content (AvgIpc) is 2.40. The fourth-order valence-electron chi connectivity index (χ4n) is 1.88. The largest absolute Gasteiger partial charge is 0.481 e. The number of nitrogens with one attached hydrogen (secondary N) is 1. The van der Waals surface area contributed by atoms with Crippen LogP contribution in [0.3, 0.4) is 0 Å². The highest BCUT2D eigenvalue weighted by Gasteiger charge is 2.34. The summed E-state index contributed by atoms with van der Waals surface area (Å²) in [6, 6.07) is 6.05. The monoisotopic (exact) mass is 266 g/mol. The number of hydrogen-bond acceptors (Lipinski definition) is 4. The molecular formula is C13H18N2O4. The SMILES string of the molecule is CCC(CC)(CNc1cccc([N+](=O)[O-])c1)C(=O)O. The number of rotatable bonds is 7. The normalized spacial score (nSPS) is 11.1. The molecule has 0 bridgehead atoms. The molecule has 0 aromatic heterocycles. The number of carboxylic acid groups (broad SMARTS) is 1. The number of aliphatic carboxylic acids is 1. The van der Waals surface area contributed by atoms with Crippen LogP contribution in [-0.2, 0) is 4.79 Å². The van der Waals surface area contributed by atoms with Gasteiger partial charge < -0.3 is 10.4 Å². The van der Waals surface area contributed by atoms with Crippen molar-refractivity contribution >= 4 is 17.3 Å². The van der Waals surface area contributed by atoms with E-state index in [2.05, 4.69) is 5.32 Å². The van der Waals surface area contributed by atoms with Gasteiger partial charge in [0.2, 0.25) is 0 Å². The molecule has 0 aliphatic carbocycles. The van der Waals surface area contributed by atoms with E-state index >= 15 is 0 Å². The second kappa shape index (κ2) is 6.17. The molecule has 1 aromatic rings. The van der Waals surface area contributed by atoms with E-state index in [1.54, 1.807) is 12.1 Å². The van der Waals surface area contributed by atoms with Gasteiger partial charge in [-0.3, -0.25) is 14.9 Å². The standard InChI is InChI=1S/C13H18N2O4/c1-3-13(4-2,12(16)17)9-14-10-6-5-7-11(8-10)15(18)19/h5-8,14H,3-4,9H2,1-2H3,(H,16,17). The molecular weight excluding hydrogens is 248 g/mol. The highest BCUT2D eigenvalue weighted by Crippen LogP contribution is 2.28. The minimum atomic E-state index is -0.851. The summed E-state index contributed by atoms with van der Waals surface area (Å²) in [5.41, 5.74) is -0.300. The molecule has 0 saturated carbocycles. The lowest BCUT2D eigenvalue weighted by Gasteiger charge is -2.27. The summed E-state index contributed by atoms with van der Waals surface area (Å²) in [6.07, 6.45) is 1.00. The molecule has 19 heavy (non-hydrogen) atoms. The van der Waals surface area contributed by atoms with Gasteiger partial charge in [-0.1, -0.05) is 19.9 Å². The Morgan fingerprint density at radius 2 is 2.05 bits per heavy atom. The van der Waals surface area contributed by atoms with E-state index in [4.69, 9.17) is 0 Å². The van der Waals surface area contributed by atoms with Crippen molar-refractivity contribution in [1.82, 2.24) is 0 Å². The first-order chi connectivity index (χ1) is 8.95. The highest BCUT2D eigenvalue weighted by molar-refractivity contribution is 5.75. The summed E-state index contributed by atoms with van der Waals surface area (Å²) < 4.78 is 0. The van der Waals surface area contributed by atoms with Crippen LogP contribution in [0.2, 0.25) is 0 Å². The number of nitrogens with zero attached hydrogens (tertiary/aromatic N) is 1. The van der Waals surface area contributed by atoms with E-state index in [9.17, 15) is 20.0 Å². The lowest BCUT2D eigenvalue weighted by Crippen LogP contribution is -2.36. The number of non-ortho nitro benzene ring substituents is 1. The molecule has 0 aliphatic rings. The number of hydrogen-bond donors (Lipinski definition) is 2. The van der Waals surface area contributed by atoms with Gasteiger partial charge in [0, 0.05) is 24.4 Å². The van der Waals surface area contributed by atoms with Crippen LogP contribution in [0.5, 0.6) is 0 Å². The van der Waals surface area contributed by atoms with Gasteiger partial charge in [0.05, 0.1) is 10.3 Å². The smallest absolute Gasteiger partial charge is 0.311 e. The second-order valence-electron chi connectivity index (χ2n) is 4.45. The Morgan fingerprint density at radius 3 is 2.53 bits per heavy atom. The Labute approximate surface area is 111 Å². The van der Waals surface area contributed by atoms with Crippen molar-refractivity contribution in [3.8, 4) is 0 Å². The third-order valence-corrected chi connectivity index (χ3v) is 3.50. The second-order valence-corrected chi connectivity index (χ2v) is 4.45. The van der Waals surface area contributed by atoms with Crippen LogP contribution in [0.25, 0.3) is 0 Å². The van der Waals surface area contributed by atoms with Crippen LogP contribution in [0.4, 0.5) is 11.4 Å². The first-order valence-corrected chi connectivity index (χ1v) is 6.17. The van der Waals surface area contributed by atoms with Crippen LogP contribution < -0.4 is 5.32 Å². The Balaban J connectivity index is 2.83. The molecule has 0 saturated heterocycles. The van der Waals surface area contributed by atoms with Gasteiger partial charge in [-0.15, -0.1) is 0 Å². The molecule has 6 nitrogen and oxygen atoms in total. The molecule has 2 N–H and O–H groups in total. The molecule has 6 heteroatoms. The van der Waals surface area contributed by atoms with Crippen molar-refractivity contribution in [2.75, 3.05) is 11.9 Å². The fourth-order valence-corrected chi connectivity index (χ4v) is 1.88. The van der Waals surface area contributed by atoms with E-state index in [1.807, 2.05) is 13.8 Å². The Hall–Kier alpha value is -2.11.